The van der Waals surface area contributed by atoms with Crippen LogP contribution in [0.25, 0.3) is 11.0 Å². The molecule has 1 aromatic heterocycles. The zero-order valence-corrected chi connectivity index (χ0v) is 17.3. The first kappa shape index (κ1) is 20.8. The maximum absolute atomic E-state index is 12.3. The van der Waals surface area contributed by atoms with Gasteiger partial charge in [0.15, 0.2) is 0 Å². The average molecular weight is 377 g/mol. The van der Waals surface area contributed by atoms with E-state index >= 15 is 0 Å². The summed E-state index contributed by atoms with van der Waals surface area (Å²) in [7, 11) is 4.95. The molecule has 1 aromatic carbocycles. The lowest BCUT2D eigenvalue weighted by atomic mass is 10.2. The molecule has 2 rings (SSSR count). The van der Waals surface area contributed by atoms with Crippen molar-refractivity contribution in [3.8, 4) is 5.75 Å². The fourth-order valence-corrected chi connectivity index (χ4v) is 3.37. The molecule has 0 radical (unpaired) electrons. The fraction of sp³-hybridized carbons (Fsp3) is 0.579. The van der Waals surface area contributed by atoms with Crippen LogP contribution in [0.15, 0.2) is 16.9 Å². The lowest BCUT2D eigenvalue weighted by Gasteiger charge is -2.30. The minimum absolute atomic E-state index is 0.129. The molecule has 0 unspecified atom stereocenters. The lowest BCUT2D eigenvalue weighted by molar-refractivity contribution is 0.176. The first-order chi connectivity index (χ1) is 12.7. The quantitative estimate of drug-likeness (QED) is 0.775. The van der Waals surface area contributed by atoms with Crippen LogP contribution in [0, 0.1) is 0 Å². The summed E-state index contributed by atoms with van der Waals surface area (Å²) in [5, 5.41) is 5.70. The Hall–Kier alpha value is -2.48. The Morgan fingerprint density at radius 3 is 2.19 bits per heavy atom. The topological polar surface area (TPSA) is 80.5 Å². The Morgan fingerprint density at radius 1 is 1.11 bits per heavy atom. The van der Waals surface area contributed by atoms with Gasteiger partial charge in [0.2, 0.25) is 0 Å². The number of anilines is 1. The van der Waals surface area contributed by atoms with Crippen molar-refractivity contribution in [3.05, 3.63) is 22.6 Å². The number of imidazole rings is 1. The number of ether oxygens (including phenoxy) is 1. The van der Waals surface area contributed by atoms with Crippen molar-refractivity contribution in [1.29, 1.82) is 0 Å². The number of benzene rings is 1. The molecule has 2 N–H and O–H groups in total. The molecule has 2 amide bonds. The molecule has 1 heterocycles. The summed E-state index contributed by atoms with van der Waals surface area (Å²) in [6.07, 6.45) is 0. The van der Waals surface area contributed by atoms with Gasteiger partial charge in [0, 0.05) is 45.3 Å². The third-order valence-electron chi connectivity index (χ3n) is 4.82. The number of nitrogens with zero attached hydrogens (tertiary/aromatic N) is 3. The van der Waals surface area contributed by atoms with Crippen LogP contribution in [0.2, 0.25) is 0 Å². The molecule has 0 aliphatic carbocycles. The minimum atomic E-state index is -0.305. The van der Waals surface area contributed by atoms with Crippen molar-refractivity contribution in [2.75, 3.05) is 25.5 Å². The Labute approximate surface area is 160 Å². The van der Waals surface area contributed by atoms with E-state index in [-0.39, 0.29) is 11.7 Å². The zero-order valence-electron chi connectivity index (χ0n) is 17.3. The molecule has 0 saturated carbocycles. The van der Waals surface area contributed by atoms with Crippen LogP contribution in [-0.4, -0.2) is 52.3 Å². The highest BCUT2D eigenvalue weighted by atomic mass is 16.5. The van der Waals surface area contributed by atoms with Crippen molar-refractivity contribution < 1.29 is 9.53 Å². The predicted molar refractivity (Wildman–Crippen MR) is 109 cm³/mol. The van der Waals surface area contributed by atoms with Crippen LogP contribution in [0.3, 0.4) is 0 Å². The maximum atomic E-state index is 12.3. The van der Waals surface area contributed by atoms with E-state index in [9.17, 15) is 9.59 Å². The van der Waals surface area contributed by atoms with Gasteiger partial charge in [-0.25, -0.2) is 9.59 Å². The first-order valence-electron chi connectivity index (χ1n) is 9.21. The summed E-state index contributed by atoms with van der Waals surface area (Å²) in [5.41, 5.74) is 1.86. The van der Waals surface area contributed by atoms with Crippen LogP contribution in [0.1, 0.15) is 27.7 Å². The SMILES string of the molecule is COc1cc2c(cc1NC(=O)NCCN(C(C)C)C(C)C)n(C)c(=O)n2C. The van der Waals surface area contributed by atoms with E-state index in [1.54, 1.807) is 35.4 Å². The molecule has 0 fully saturated rings. The molecule has 0 bridgehead atoms. The Kier molecular flexibility index (Phi) is 6.54. The average Bonchev–Trinajstić information content (AvgIpc) is 2.81. The van der Waals surface area contributed by atoms with Gasteiger partial charge in [-0.2, -0.15) is 0 Å². The highest BCUT2D eigenvalue weighted by molar-refractivity contribution is 5.94. The smallest absolute Gasteiger partial charge is 0.328 e. The Morgan fingerprint density at radius 2 is 1.67 bits per heavy atom. The van der Waals surface area contributed by atoms with Gasteiger partial charge in [-0.3, -0.25) is 14.0 Å². The highest BCUT2D eigenvalue weighted by Crippen LogP contribution is 2.29. The second-order valence-corrected chi connectivity index (χ2v) is 7.25. The highest BCUT2D eigenvalue weighted by Gasteiger charge is 2.16. The van der Waals surface area contributed by atoms with Gasteiger partial charge < -0.3 is 15.4 Å². The molecular weight excluding hydrogens is 346 g/mol. The number of rotatable bonds is 7. The van der Waals surface area contributed by atoms with Crippen molar-refractivity contribution in [1.82, 2.24) is 19.4 Å². The first-order valence-corrected chi connectivity index (χ1v) is 9.21. The molecule has 27 heavy (non-hydrogen) atoms. The summed E-state index contributed by atoms with van der Waals surface area (Å²) in [6.45, 7) is 9.88. The number of hydrogen-bond donors (Lipinski definition) is 2. The van der Waals surface area contributed by atoms with Gasteiger partial charge in [0.25, 0.3) is 0 Å². The number of urea groups is 1. The number of carbonyl (C=O) groups excluding carboxylic acids is 1. The zero-order chi connectivity index (χ0) is 20.3. The van der Waals surface area contributed by atoms with Crippen LogP contribution < -0.4 is 21.1 Å². The molecular formula is C19H31N5O3. The molecule has 8 nitrogen and oxygen atoms in total. The Bertz CT molecular complexity index is 858. The number of carbonyl (C=O) groups is 1. The van der Waals surface area contributed by atoms with Gasteiger partial charge in [0.05, 0.1) is 23.8 Å². The normalized spacial score (nSPS) is 11.6. The van der Waals surface area contributed by atoms with Crippen LogP contribution in [0.5, 0.6) is 5.75 Å². The molecule has 0 atom stereocenters. The molecule has 0 aliphatic heterocycles. The number of aromatic nitrogens is 2. The Balaban J connectivity index is 2.12. The molecule has 0 saturated heterocycles. The van der Waals surface area contributed by atoms with E-state index in [1.165, 1.54) is 7.11 Å². The summed E-state index contributed by atoms with van der Waals surface area (Å²) in [5.74, 6) is 0.504. The minimum Gasteiger partial charge on any atom is -0.494 e. The second-order valence-electron chi connectivity index (χ2n) is 7.25. The van der Waals surface area contributed by atoms with Crippen LogP contribution >= 0.6 is 0 Å². The van der Waals surface area contributed by atoms with Crippen molar-refractivity contribution in [2.24, 2.45) is 14.1 Å². The third kappa shape index (κ3) is 4.44. The van der Waals surface area contributed by atoms with Gasteiger partial charge in [0.1, 0.15) is 5.75 Å². The van der Waals surface area contributed by atoms with E-state index in [0.29, 0.717) is 30.1 Å². The summed E-state index contributed by atoms with van der Waals surface area (Å²) in [6, 6.07) is 4.03. The van der Waals surface area contributed by atoms with E-state index < -0.39 is 0 Å². The number of hydrogen-bond acceptors (Lipinski definition) is 4. The monoisotopic (exact) mass is 377 g/mol. The van der Waals surface area contributed by atoms with E-state index in [1.807, 2.05) is 0 Å². The number of fused-ring (bicyclic) bond motifs is 1. The lowest BCUT2D eigenvalue weighted by Crippen LogP contribution is -2.43. The maximum Gasteiger partial charge on any atom is 0.328 e. The number of aryl methyl sites for hydroxylation is 2. The van der Waals surface area contributed by atoms with Gasteiger partial charge in [-0.1, -0.05) is 0 Å². The number of nitrogens with one attached hydrogen (secondary N) is 2. The van der Waals surface area contributed by atoms with Gasteiger partial charge >= 0.3 is 11.7 Å². The van der Waals surface area contributed by atoms with Crippen molar-refractivity contribution in [2.45, 2.75) is 39.8 Å². The summed E-state index contributed by atoms with van der Waals surface area (Å²) in [4.78, 5) is 26.8. The standard InChI is InChI=1S/C19H31N5O3/c1-12(2)24(13(3)4)9-8-20-18(25)21-14-10-15-16(11-17(14)27-7)23(6)19(26)22(15)5/h10-13H,8-9H2,1-7H3,(H2,20,21,25). The fourth-order valence-electron chi connectivity index (χ4n) is 3.37. The van der Waals surface area contributed by atoms with Crippen LogP contribution in [0.4, 0.5) is 10.5 Å². The molecule has 0 spiro atoms. The molecule has 150 valence electrons. The van der Waals surface area contributed by atoms with Gasteiger partial charge in [-0.05, 0) is 33.8 Å². The van der Waals surface area contributed by atoms with Crippen molar-refractivity contribution >= 4 is 22.8 Å². The summed E-state index contributed by atoms with van der Waals surface area (Å²) >= 11 is 0. The number of methoxy groups -OCH3 is 1. The molecule has 2 aromatic rings. The molecule has 0 aliphatic rings. The molecule has 8 heteroatoms. The van der Waals surface area contributed by atoms with Gasteiger partial charge in [-0.15, -0.1) is 0 Å². The number of amides is 2. The summed E-state index contributed by atoms with van der Waals surface area (Å²) < 4.78 is 8.48. The predicted octanol–water partition coefficient (Wildman–Crippen LogP) is 2.13. The van der Waals surface area contributed by atoms with Crippen molar-refractivity contribution in [3.63, 3.8) is 0 Å². The van der Waals surface area contributed by atoms with Crippen LogP contribution in [-0.2, 0) is 14.1 Å². The van der Waals surface area contributed by atoms with E-state index in [2.05, 4.69) is 43.2 Å². The largest absolute Gasteiger partial charge is 0.494 e. The second kappa shape index (κ2) is 8.47. The van der Waals surface area contributed by atoms with E-state index in [4.69, 9.17) is 4.74 Å². The third-order valence-corrected chi connectivity index (χ3v) is 4.82. The van der Waals surface area contributed by atoms with E-state index in [0.717, 1.165) is 17.6 Å².